The summed E-state index contributed by atoms with van der Waals surface area (Å²) in [5, 5.41) is 9.31. The molecule has 7 nitrogen and oxygen atoms in total. The van der Waals surface area contributed by atoms with Gasteiger partial charge in [-0.15, -0.1) is 24.9 Å². The first-order chi connectivity index (χ1) is 19.8. The van der Waals surface area contributed by atoms with Gasteiger partial charge in [-0.05, 0) is 57.1 Å². The van der Waals surface area contributed by atoms with Crippen LogP contribution in [0.1, 0.15) is 59.3 Å². The third-order valence-corrected chi connectivity index (χ3v) is 11.4. The van der Waals surface area contributed by atoms with Crippen molar-refractivity contribution in [3.8, 4) is 0 Å². The van der Waals surface area contributed by atoms with Gasteiger partial charge in [0.25, 0.3) is 0 Å². The lowest BCUT2D eigenvalue weighted by Gasteiger charge is -2.42. The van der Waals surface area contributed by atoms with Crippen molar-refractivity contribution in [2.75, 3.05) is 31.1 Å². The Morgan fingerprint density at radius 3 is 2.49 bits per heavy atom. The maximum absolute atomic E-state index is 14.6. The Morgan fingerprint density at radius 1 is 1.15 bits per heavy atom. The predicted octanol–water partition coefficient (Wildman–Crippen LogP) is 4.91. The second kappa shape index (κ2) is 13.6. The highest BCUT2D eigenvalue weighted by Crippen LogP contribution is 2.69. The van der Waals surface area contributed by atoms with Crippen molar-refractivity contribution in [1.82, 2.24) is 9.80 Å². The lowest BCUT2D eigenvalue weighted by Crippen LogP contribution is -2.58. The van der Waals surface area contributed by atoms with Gasteiger partial charge >= 0.3 is 0 Å². The molecule has 4 unspecified atom stereocenters. The molecule has 3 saturated heterocycles. The first kappa shape index (κ1) is 31.4. The van der Waals surface area contributed by atoms with Crippen LogP contribution in [0.4, 0.5) is 5.69 Å². The van der Waals surface area contributed by atoms with Gasteiger partial charge < -0.3 is 19.8 Å². The Morgan fingerprint density at radius 2 is 1.85 bits per heavy atom. The van der Waals surface area contributed by atoms with Crippen LogP contribution in [-0.2, 0) is 14.4 Å². The first-order valence-electron chi connectivity index (χ1n) is 15.3. The molecule has 8 heteroatoms. The van der Waals surface area contributed by atoms with Crippen LogP contribution < -0.4 is 4.90 Å². The van der Waals surface area contributed by atoms with Gasteiger partial charge in [-0.3, -0.25) is 14.4 Å². The lowest BCUT2D eigenvalue weighted by atomic mass is 9.65. The van der Waals surface area contributed by atoms with Gasteiger partial charge in [-0.2, -0.15) is 0 Å². The van der Waals surface area contributed by atoms with E-state index in [1.54, 1.807) is 28.8 Å². The molecular weight excluding hydrogens is 534 g/mol. The number of carbonyl (C=O) groups is 3. The minimum atomic E-state index is -0.655. The van der Waals surface area contributed by atoms with E-state index in [1.807, 2.05) is 40.1 Å². The van der Waals surface area contributed by atoms with E-state index in [1.165, 1.54) is 0 Å². The third kappa shape index (κ3) is 5.62. The van der Waals surface area contributed by atoms with Gasteiger partial charge in [-0.25, -0.2) is 0 Å². The summed E-state index contributed by atoms with van der Waals surface area (Å²) < 4.78 is -0.655. The number of anilines is 1. The standard InChI is InChI=1S/C33H47N3O4S/c1-6-15-24(5)34(18-7-2)32(40)29-33-23(4)22-26(41-33)27(28(33)31(39)36(29)20-13-10-14-21-37)30(38)35(19-8-3)25-16-11-9-12-17-25/h7-9,11-12,16-17,23-24,26-29,37H,2-3,6,10,13-15,18-22H2,1,4-5H3/t23?,24?,26-,27+,28-,29?,33?/m0/s1. The van der Waals surface area contributed by atoms with Gasteiger partial charge in [-0.1, -0.05) is 50.6 Å². The van der Waals surface area contributed by atoms with Crippen LogP contribution in [0, 0.1) is 17.8 Å². The second-order valence-corrected chi connectivity index (χ2v) is 13.4. The SMILES string of the molecule is C=CCN(C(=O)[C@@H]1[C@@H]2CC(C)C3(S2)C(C(=O)N(CC=C)C(C)CCC)N(CCCCCO)C(=O)[C@H]13)c1ccccc1. The molecule has 1 aromatic rings. The average Bonchev–Trinajstić information content (AvgIpc) is 3.56. The number of amides is 3. The number of fused-ring (bicyclic) bond motifs is 1. The number of thioether (sulfide) groups is 1. The maximum atomic E-state index is 14.6. The molecule has 3 heterocycles. The molecule has 1 N–H and O–H groups in total. The van der Waals surface area contributed by atoms with Crippen LogP contribution in [0.3, 0.4) is 0 Å². The Hall–Kier alpha value is -2.58. The van der Waals surface area contributed by atoms with Crippen LogP contribution >= 0.6 is 11.8 Å². The third-order valence-electron chi connectivity index (χ3n) is 9.31. The normalized spacial score (nSPS) is 28.8. The van der Waals surface area contributed by atoms with Gasteiger partial charge in [0.05, 0.1) is 16.6 Å². The fourth-order valence-corrected chi connectivity index (χ4v) is 9.90. The van der Waals surface area contributed by atoms with E-state index in [2.05, 4.69) is 33.9 Å². The molecule has 0 saturated carbocycles. The summed E-state index contributed by atoms with van der Waals surface area (Å²) in [5.74, 6) is -1.09. The van der Waals surface area contributed by atoms with Crippen molar-refractivity contribution in [2.45, 2.75) is 81.4 Å². The summed E-state index contributed by atoms with van der Waals surface area (Å²) in [7, 11) is 0. The highest BCUT2D eigenvalue weighted by molar-refractivity contribution is 8.02. The Bertz CT molecular complexity index is 1110. The smallest absolute Gasteiger partial charge is 0.247 e. The molecule has 41 heavy (non-hydrogen) atoms. The number of likely N-dealkylation sites (tertiary alicyclic amines) is 1. The van der Waals surface area contributed by atoms with E-state index in [0.29, 0.717) is 32.5 Å². The summed E-state index contributed by atoms with van der Waals surface area (Å²) in [4.78, 5) is 49.0. The zero-order chi connectivity index (χ0) is 29.7. The van der Waals surface area contributed by atoms with E-state index < -0.39 is 22.6 Å². The second-order valence-electron chi connectivity index (χ2n) is 11.9. The molecular formula is C33H47N3O4S. The fraction of sp³-hybridized carbons (Fsp3) is 0.606. The van der Waals surface area contributed by atoms with Crippen molar-refractivity contribution in [3.05, 3.63) is 55.6 Å². The van der Waals surface area contributed by atoms with Crippen molar-refractivity contribution in [2.24, 2.45) is 17.8 Å². The van der Waals surface area contributed by atoms with Crippen molar-refractivity contribution < 1.29 is 19.5 Å². The number of hydrogen-bond donors (Lipinski definition) is 1. The molecule has 224 valence electrons. The van der Waals surface area contributed by atoms with Gasteiger partial charge in [0.2, 0.25) is 17.7 Å². The van der Waals surface area contributed by atoms with E-state index in [0.717, 1.165) is 31.4 Å². The van der Waals surface area contributed by atoms with E-state index in [4.69, 9.17) is 0 Å². The highest BCUT2D eigenvalue weighted by atomic mass is 32.2. The molecule has 0 aliphatic carbocycles. The van der Waals surface area contributed by atoms with E-state index >= 15 is 0 Å². The Labute approximate surface area is 250 Å². The highest BCUT2D eigenvalue weighted by Gasteiger charge is 2.76. The number of aliphatic hydroxyl groups is 1. The number of para-hydroxylation sites is 1. The van der Waals surface area contributed by atoms with Gasteiger partial charge in [0.1, 0.15) is 6.04 Å². The molecule has 0 aromatic heterocycles. The summed E-state index contributed by atoms with van der Waals surface area (Å²) >= 11 is 1.72. The van der Waals surface area contributed by atoms with Crippen LogP contribution in [0.15, 0.2) is 55.6 Å². The number of aliphatic hydroxyl groups excluding tert-OH is 1. The topological polar surface area (TPSA) is 81.2 Å². The number of rotatable bonds is 15. The predicted molar refractivity (Wildman–Crippen MR) is 167 cm³/mol. The zero-order valence-electron chi connectivity index (χ0n) is 24.9. The van der Waals surface area contributed by atoms with Crippen molar-refractivity contribution in [1.29, 1.82) is 0 Å². The molecule has 3 fully saturated rings. The summed E-state index contributed by atoms with van der Waals surface area (Å²) in [6.45, 7) is 15.5. The average molecular weight is 582 g/mol. The van der Waals surface area contributed by atoms with Crippen LogP contribution in [0.2, 0.25) is 0 Å². The molecule has 0 radical (unpaired) electrons. The van der Waals surface area contributed by atoms with Gasteiger partial charge in [0, 0.05) is 43.2 Å². The van der Waals surface area contributed by atoms with Gasteiger partial charge in [0.15, 0.2) is 0 Å². The molecule has 1 spiro atoms. The van der Waals surface area contributed by atoms with Crippen molar-refractivity contribution >= 4 is 35.2 Å². The maximum Gasteiger partial charge on any atom is 0.247 e. The molecule has 3 amide bonds. The Balaban J connectivity index is 1.76. The number of hydrogen-bond acceptors (Lipinski definition) is 5. The summed E-state index contributed by atoms with van der Waals surface area (Å²) in [5.41, 5.74) is 0.789. The first-order valence-corrected chi connectivity index (χ1v) is 16.1. The fourth-order valence-electron chi connectivity index (χ4n) is 7.49. The summed E-state index contributed by atoms with van der Waals surface area (Å²) in [6.07, 6.45) is 8.25. The molecule has 3 aliphatic rings. The van der Waals surface area contributed by atoms with Crippen LogP contribution in [0.5, 0.6) is 0 Å². The van der Waals surface area contributed by atoms with E-state index in [9.17, 15) is 19.5 Å². The minimum absolute atomic E-state index is 0.0183. The Kier molecular flexibility index (Phi) is 10.4. The largest absolute Gasteiger partial charge is 0.396 e. The molecule has 7 atom stereocenters. The minimum Gasteiger partial charge on any atom is -0.396 e. The number of nitrogens with zero attached hydrogens (tertiary/aromatic N) is 3. The molecule has 3 aliphatic heterocycles. The van der Waals surface area contributed by atoms with Crippen LogP contribution in [-0.4, -0.2) is 80.9 Å². The van der Waals surface area contributed by atoms with Crippen LogP contribution in [0.25, 0.3) is 0 Å². The molecule has 2 bridgehead atoms. The molecule has 4 rings (SSSR count). The number of carbonyl (C=O) groups excluding carboxylic acids is 3. The zero-order valence-corrected chi connectivity index (χ0v) is 25.7. The number of benzene rings is 1. The summed E-state index contributed by atoms with van der Waals surface area (Å²) in [6, 6.07) is 8.96. The molecule has 1 aromatic carbocycles. The monoisotopic (exact) mass is 581 g/mol. The van der Waals surface area contributed by atoms with Crippen molar-refractivity contribution in [3.63, 3.8) is 0 Å². The quantitative estimate of drug-likeness (QED) is 0.235. The lowest BCUT2D eigenvalue weighted by molar-refractivity contribution is -0.144. The number of unbranched alkanes of at least 4 members (excludes halogenated alkanes) is 2. The van der Waals surface area contributed by atoms with E-state index in [-0.39, 0.29) is 41.5 Å².